The van der Waals surface area contributed by atoms with Crippen LogP contribution in [0.25, 0.3) is 0 Å². The van der Waals surface area contributed by atoms with E-state index < -0.39 is 0 Å². The molecular weight excluding hydrogens is 172 g/mol. The van der Waals surface area contributed by atoms with Gasteiger partial charge in [0.1, 0.15) is 5.75 Å². The maximum atomic E-state index is 5.10. The topological polar surface area (TPSA) is 9.23 Å². The van der Waals surface area contributed by atoms with Gasteiger partial charge in [-0.25, -0.2) is 0 Å². The van der Waals surface area contributed by atoms with E-state index in [4.69, 9.17) is 4.74 Å². The highest BCUT2D eigenvalue weighted by atomic mass is 16.5. The first-order chi connectivity index (χ1) is 6.72. The van der Waals surface area contributed by atoms with Crippen molar-refractivity contribution in [1.82, 2.24) is 0 Å². The van der Waals surface area contributed by atoms with Crippen molar-refractivity contribution in [3.63, 3.8) is 0 Å². The van der Waals surface area contributed by atoms with Crippen LogP contribution in [0.3, 0.4) is 0 Å². The number of aryl methyl sites for hydroxylation is 1. The number of rotatable bonds is 5. The van der Waals surface area contributed by atoms with Crippen molar-refractivity contribution in [2.24, 2.45) is 0 Å². The Kier molecular flexibility index (Phi) is 4.24. The molecule has 0 unspecified atom stereocenters. The fourth-order valence-electron chi connectivity index (χ4n) is 1.39. The lowest BCUT2D eigenvalue weighted by atomic mass is 10.1. The molecular formula is C13H18O. The second-order valence-electron chi connectivity index (χ2n) is 3.66. The number of hydrogen-bond acceptors (Lipinski definition) is 1. The van der Waals surface area contributed by atoms with E-state index >= 15 is 0 Å². The summed E-state index contributed by atoms with van der Waals surface area (Å²) in [5.41, 5.74) is 2.63. The van der Waals surface area contributed by atoms with E-state index in [1.54, 1.807) is 7.11 Å². The zero-order chi connectivity index (χ0) is 10.4. The second kappa shape index (κ2) is 5.48. The van der Waals surface area contributed by atoms with Crippen molar-refractivity contribution in [1.29, 1.82) is 0 Å². The molecule has 1 heteroatoms. The first-order valence-electron chi connectivity index (χ1n) is 4.99. The van der Waals surface area contributed by atoms with Crippen molar-refractivity contribution in [3.8, 4) is 5.75 Å². The lowest BCUT2D eigenvalue weighted by molar-refractivity contribution is 0.414. The van der Waals surface area contributed by atoms with Gasteiger partial charge in [0.15, 0.2) is 0 Å². The van der Waals surface area contributed by atoms with Gasteiger partial charge in [-0.1, -0.05) is 17.7 Å². The van der Waals surface area contributed by atoms with Crippen molar-refractivity contribution in [2.45, 2.75) is 26.2 Å². The van der Waals surface area contributed by atoms with Gasteiger partial charge in [-0.15, -0.1) is 6.58 Å². The fraction of sp³-hybridized carbons (Fsp3) is 0.385. The Balaban J connectivity index is 2.40. The normalized spacial score (nSPS) is 9.86. The summed E-state index contributed by atoms with van der Waals surface area (Å²) in [5.74, 6) is 0.925. The smallest absolute Gasteiger partial charge is 0.118 e. The molecule has 1 rings (SSSR count). The zero-order valence-electron chi connectivity index (χ0n) is 9.05. The summed E-state index contributed by atoms with van der Waals surface area (Å²) in [7, 11) is 1.69. The van der Waals surface area contributed by atoms with E-state index in [1.807, 2.05) is 12.1 Å². The molecule has 0 amide bonds. The molecule has 0 radical (unpaired) electrons. The molecule has 0 saturated carbocycles. The van der Waals surface area contributed by atoms with Crippen molar-refractivity contribution < 1.29 is 4.74 Å². The average Bonchev–Trinajstić information content (AvgIpc) is 2.18. The van der Waals surface area contributed by atoms with Crippen LogP contribution in [-0.2, 0) is 6.42 Å². The summed E-state index contributed by atoms with van der Waals surface area (Å²) in [6, 6.07) is 8.26. The van der Waals surface area contributed by atoms with Crippen LogP contribution in [0.2, 0.25) is 0 Å². The lowest BCUT2D eigenvalue weighted by Gasteiger charge is -2.03. The Hall–Kier alpha value is -1.24. The van der Waals surface area contributed by atoms with Gasteiger partial charge >= 0.3 is 0 Å². The van der Waals surface area contributed by atoms with Gasteiger partial charge in [0.05, 0.1) is 7.11 Å². The molecule has 0 N–H and O–H groups in total. The standard InChI is InChI=1S/C13H18O/c1-11(2)5-4-6-12-7-9-13(14-3)10-8-12/h7-10H,1,4-6H2,2-3H3. The van der Waals surface area contributed by atoms with Crippen LogP contribution in [0.1, 0.15) is 25.3 Å². The third-order valence-corrected chi connectivity index (χ3v) is 2.23. The van der Waals surface area contributed by atoms with Gasteiger partial charge < -0.3 is 4.74 Å². The van der Waals surface area contributed by atoms with E-state index in [0.717, 1.165) is 18.6 Å². The Morgan fingerprint density at radius 2 is 1.93 bits per heavy atom. The van der Waals surface area contributed by atoms with Crippen LogP contribution < -0.4 is 4.74 Å². The van der Waals surface area contributed by atoms with Gasteiger partial charge in [0.25, 0.3) is 0 Å². The van der Waals surface area contributed by atoms with Gasteiger partial charge in [0.2, 0.25) is 0 Å². The molecule has 76 valence electrons. The molecule has 0 aliphatic rings. The highest BCUT2D eigenvalue weighted by Crippen LogP contribution is 2.14. The SMILES string of the molecule is C=C(C)CCCc1ccc(OC)cc1. The monoisotopic (exact) mass is 190 g/mol. The third kappa shape index (κ3) is 3.65. The largest absolute Gasteiger partial charge is 0.497 e. The third-order valence-electron chi connectivity index (χ3n) is 2.23. The molecule has 0 bridgehead atoms. The quantitative estimate of drug-likeness (QED) is 0.645. The van der Waals surface area contributed by atoms with E-state index in [-0.39, 0.29) is 0 Å². The molecule has 0 atom stereocenters. The van der Waals surface area contributed by atoms with E-state index in [0.29, 0.717) is 0 Å². The first kappa shape index (κ1) is 10.8. The summed E-state index contributed by atoms with van der Waals surface area (Å²) in [4.78, 5) is 0. The first-order valence-corrected chi connectivity index (χ1v) is 4.99. The van der Waals surface area contributed by atoms with Crippen molar-refractivity contribution >= 4 is 0 Å². The molecule has 0 heterocycles. The molecule has 0 saturated heterocycles. The van der Waals surface area contributed by atoms with Crippen LogP contribution >= 0.6 is 0 Å². The van der Waals surface area contributed by atoms with E-state index in [2.05, 4.69) is 25.6 Å². The van der Waals surface area contributed by atoms with Gasteiger partial charge in [-0.3, -0.25) is 0 Å². The molecule has 1 aromatic rings. The van der Waals surface area contributed by atoms with Crippen LogP contribution in [-0.4, -0.2) is 7.11 Å². The van der Waals surface area contributed by atoms with Crippen molar-refractivity contribution in [2.75, 3.05) is 7.11 Å². The Morgan fingerprint density at radius 3 is 2.43 bits per heavy atom. The molecule has 14 heavy (non-hydrogen) atoms. The minimum Gasteiger partial charge on any atom is -0.497 e. The maximum absolute atomic E-state index is 5.10. The summed E-state index contributed by atoms with van der Waals surface area (Å²) in [5, 5.41) is 0. The minimum atomic E-state index is 0.925. The second-order valence-corrected chi connectivity index (χ2v) is 3.66. The predicted molar refractivity (Wildman–Crippen MR) is 60.7 cm³/mol. The number of methoxy groups -OCH3 is 1. The fourth-order valence-corrected chi connectivity index (χ4v) is 1.39. The maximum Gasteiger partial charge on any atom is 0.118 e. The van der Waals surface area contributed by atoms with Crippen molar-refractivity contribution in [3.05, 3.63) is 42.0 Å². The number of allylic oxidation sites excluding steroid dienone is 1. The summed E-state index contributed by atoms with van der Waals surface area (Å²) >= 11 is 0. The zero-order valence-corrected chi connectivity index (χ0v) is 9.05. The van der Waals surface area contributed by atoms with Gasteiger partial charge in [-0.05, 0) is 43.9 Å². The number of benzene rings is 1. The minimum absolute atomic E-state index is 0.925. The van der Waals surface area contributed by atoms with Crippen LogP contribution in [0.5, 0.6) is 5.75 Å². The van der Waals surface area contributed by atoms with Gasteiger partial charge in [-0.2, -0.15) is 0 Å². The summed E-state index contributed by atoms with van der Waals surface area (Å²) < 4.78 is 5.10. The Morgan fingerprint density at radius 1 is 1.29 bits per heavy atom. The molecule has 0 spiro atoms. The van der Waals surface area contributed by atoms with Gasteiger partial charge in [0, 0.05) is 0 Å². The van der Waals surface area contributed by atoms with E-state index in [1.165, 1.54) is 17.6 Å². The highest BCUT2D eigenvalue weighted by Gasteiger charge is 1.94. The molecule has 0 aromatic heterocycles. The average molecular weight is 190 g/mol. The molecule has 0 fully saturated rings. The Bertz CT molecular complexity index is 285. The molecule has 0 aliphatic heterocycles. The molecule has 0 aliphatic carbocycles. The lowest BCUT2D eigenvalue weighted by Crippen LogP contribution is -1.87. The van der Waals surface area contributed by atoms with Crippen LogP contribution in [0.4, 0.5) is 0 Å². The number of hydrogen-bond donors (Lipinski definition) is 0. The summed E-state index contributed by atoms with van der Waals surface area (Å²) in [6.07, 6.45) is 3.42. The van der Waals surface area contributed by atoms with E-state index in [9.17, 15) is 0 Å². The predicted octanol–water partition coefficient (Wildman–Crippen LogP) is 3.59. The molecule has 1 aromatic carbocycles. The van der Waals surface area contributed by atoms with Crippen LogP contribution in [0.15, 0.2) is 36.4 Å². The summed E-state index contributed by atoms with van der Waals surface area (Å²) in [6.45, 7) is 5.97. The highest BCUT2D eigenvalue weighted by molar-refractivity contribution is 5.27. The molecule has 1 nitrogen and oxygen atoms in total. The Labute approximate surface area is 86.4 Å². The van der Waals surface area contributed by atoms with Crippen LogP contribution in [0, 0.1) is 0 Å². The number of ether oxygens (including phenoxy) is 1.